The minimum absolute atomic E-state index is 0.125. The molecular weight excluding hydrogens is 448 g/mol. The van der Waals surface area contributed by atoms with E-state index >= 15 is 0 Å². The Hall–Kier alpha value is -3.78. The van der Waals surface area contributed by atoms with Crippen molar-refractivity contribution in [2.75, 3.05) is 4.90 Å². The van der Waals surface area contributed by atoms with E-state index in [2.05, 4.69) is 157 Å². The fraction of sp³-hybridized carbons (Fsp3) is 0.257. The van der Waals surface area contributed by atoms with E-state index in [1.54, 1.807) is 0 Å². The topological polar surface area (TPSA) is 15.3 Å². The van der Waals surface area contributed by atoms with Gasteiger partial charge in [0.05, 0.1) is 6.04 Å². The van der Waals surface area contributed by atoms with Crippen molar-refractivity contribution in [2.24, 2.45) is 0 Å². The predicted octanol–water partition coefficient (Wildman–Crippen LogP) is 9.32. The Kier molecular flexibility index (Phi) is 8.99. The van der Waals surface area contributed by atoms with Gasteiger partial charge in [-0.3, -0.25) is 0 Å². The number of aryl methyl sites for hydroxylation is 2. The van der Waals surface area contributed by atoms with Gasteiger partial charge in [-0.25, -0.2) is 0 Å². The molecule has 0 aromatic heterocycles. The average Bonchev–Trinajstić information content (AvgIpc) is 2.85. The van der Waals surface area contributed by atoms with E-state index in [-0.39, 0.29) is 11.6 Å². The molecule has 0 saturated heterocycles. The van der Waals surface area contributed by atoms with Crippen molar-refractivity contribution in [1.82, 2.24) is 5.32 Å². The Balaban J connectivity index is 2.12. The highest BCUT2D eigenvalue weighted by atomic mass is 15.2. The molecule has 0 spiro atoms. The maximum absolute atomic E-state index is 4.61. The molecule has 1 N–H and O–H groups in total. The number of nitrogens with one attached hydrogen (secondary N) is 1. The molecule has 1 unspecified atom stereocenters. The minimum atomic E-state index is -0.142. The second-order valence-corrected chi connectivity index (χ2v) is 10.9. The van der Waals surface area contributed by atoms with Crippen molar-refractivity contribution >= 4 is 11.3 Å². The summed E-state index contributed by atoms with van der Waals surface area (Å²) in [5, 5.41) is 3.65. The number of anilines is 1. The Morgan fingerprint density at radius 2 is 1.46 bits per heavy atom. The molecule has 0 heterocycles. The quantitative estimate of drug-likeness (QED) is 0.301. The lowest BCUT2D eigenvalue weighted by Gasteiger charge is -2.39. The lowest BCUT2D eigenvalue weighted by Crippen LogP contribution is -2.41. The first-order valence-electron chi connectivity index (χ1n) is 13.0. The van der Waals surface area contributed by atoms with Crippen LogP contribution in [0.3, 0.4) is 0 Å². The van der Waals surface area contributed by atoms with Gasteiger partial charge in [-0.2, -0.15) is 0 Å². The number of benzene rings is 3. The summed E-state index contributed by atoms with van der Waals surface area (Å²) in [6.07, 6.45) is 4.34. The van der Waals surface area contributed by atoms with Gasteiger partial charge in [0.25, 0.3) is 0 Å². The van der Waals surface area contributed by atoms with Crippen LogP contribution in [0.5, 0.6) is 0 Å². The Labute approximate surface area is 224 Å². The molecule has 0 bridgehead atoms. The van der Waals surface area contributed by atoms with Gasteiger partial charge in [-0.1, -0.05) is 97.6 Å². The molecule has 0 aliphatic rings. The van der Waals surface area contributed by atoms with Crippen LogP contribution in [0.25, 0.3) is 5.57 Å². The molecule has 1 atom stereocenters. The first-order chi connectivity index (χ1) is 17.5. The summed E-state index contributed by atoms with van der Waals surface area (Å²) in [5.41, 5.74) is 9.95. The third kappa shape index (κ3) is 7.60. The molecule has 0 aliphatic carbocycles. The third-order valence-corrected chi connectivity index (χ3v) is 6.36. The molecule has 37 heavy (non-hydrogen) atoms. The van der Waals surface area contributed by atoms with E-state index < -0.39 is 0 Å². The first-order valence-corrected chi connectivity index (χ1v) is 13.0. The molecule has 3 rings (SSSR count). The molecule has 0 fully saturated rings. The van der Waals surface area contributed by atoms with Crippen LogP contribution < -0.4 is 10.2 Å². The van der Waals surface area contributed by atoms with Crippen molar-refractivity contribution in [2.45, 2.75) is 60.0 Å². The number of hydrogen-bond acceptors (Lipinski definition) is 2. The number of hydrogen-bond donors (Lipinski definition) is 1. The van der Waals surface area contributed by atoms with E-state index in [9.17, 15) is 0 Å². The zero-order valence-electron chi connectivity index (χ0n) is 23.6. The summed E-state index contributed by atoms with van der Waals surface area (Å²) < 4.78 is 0. The molecule has 2 nitrogen and oxygen atoms in total. The van der Waals surface area contributed by atoms with Gasteiger partial charge < -0.3 is 10.2 Å². The van der Waals surface area contributed by atoms with E-state index in [0.717, 1.165) is 22.7 Å². The largest absolute Gasteiger partial charge is 0.382 e. The third-order valence-electron chi connectivity index (χ3n) is 6.36. The highest BCUT2D eigenvalue weighted by Gasteiger charge is 2.28. The van der Waals surface area contributed by atoms with Gasteiger partial charge in [0.2, 0.25) is 0 Å². The van der Waals surface area contributed by atoms with Crippen LogP contribution in [-0.2, 0) is 0 Å². The van der Waals surface area contributed by atoms with Crippen LogP contribution in [-0.4, -0.2) is 5.54 Å². The lowest BCUT2D eigenvalue weighted by molar-refractivity contribution is 0.453. The normalized spacial score (nSPS) is 13.2. The number of rotatable bonds is 9. The van der Waals surface area contributed by atoms with Crippen LogP contribution in [0.2, 0.25) is 0 Å². The van der Waals surface area contributed by atoms with Gasteiger partial charge >= 0.3 is 0 Å². The van der Waals surface area contributed by atoms with Crippen molar-refractivity contribution in [3.63, 3.8) is 0 Å². The van der Waals surface area contributed by atoms with Crippen LogP contribution in [0.4, 0.5) is 5.69 Å². The summed E-state index contributed by atoms with van der Waals surface area (Å²) in [6, 6.07) is 27.7. The second-order valence-electron chi connectivity index (χ2n) is 10.9. The summed E-state index contributed by atoms with van der Waals surface area (Å²) >= 11 is 0. The minimum Gasteiger partial charge on any atom is -0.382 e. The summed E-state index contributed by atoms with van der Waals surface area (Å²) in [7, 11) is 0. The molecule has 2 heteroatoms. The number of allylic oxidation sites excluding steroid dienone is 4. The highest BCUT2D eigenvalue weighted by molar-refractivity contribution is 5.66. The van der Waals surface area contributed by atoms with Crippen molar-refractivity contribution in [3.8, 4) is 0 Å². The number of nitrogens with zero attached hydrogens (tertiary/aromatic N) is 1. The SMILES string of the molecule is C=C(NC(C)(C)C)C(c1ccc(C)cc1)N(C(=C)/C(C)=C/C=C(\C)c1ccccc1)c1cccc(C)c1. The monoisotopic (exact) mass is 490 g/mol. The van der Waals surface area contributed by atoms with E-state index in [1.165, 1.54) is 27.8 Å². The zero-order chi connectivity index (χ0) is 27.2. The van der Waals surface area contributed by atoms with Crippen LogP contribution in [0.15, 0.2) is 121 Å². The van der Waals surface area contributed by atoms with Gasteiger partial charge in [-0.05, 0) is 88.4 Å². The standard InChI is InChI=1S/C35H42N2/c1-25-18-22-32(23-19-25)34(29(5)36-35(7,8)9)37(33-17-13-14-26(2)24-33)30(6)27(3)20-21-28(4)31-15-11-10-12-16-31/h10-24,34,36H,5-6H2,1-4,7-9H3/b27-20+,28-21+. The van der Waals surface area contributed by atoms with E-state index in [0.29, 0.717) is 0 Å². The molecule has 192 valence electrons. The van der Waals surface area contributed by atoms with E-state index in [4.69, 9.17) is 0 Å². The van der Waals surface area contributed by atoms with Crippen LogP contribution in [0.1, 0.15) is 62.9 Å². The molecule has 0 aliphatic heterocycles. The maximum atomic E-state index is 4.61. The zero-order valence-corrected chi connectivity index (χ0v) is 23.6. The van der Waals surface area contributed by atoms with Crippen LogP contribution >= 0.6 is 0 Å². The Morgan fingerprint density at radius 3 is 2.05 bits per heavy atom. The average molecular weight is 491 g/mol. The summed E-state index contributed by atoms with van der Waals surface area (Å²) in [4.78, 5) is 2.32. The molecule has 0 saturated carbocycles. The molecule has 0 amide bonds. The van der Waals surface area contributed by atoms with Gasteiger partial charge in [0.15, 0.2) is 0 Å². The van der Waals surface area contributed by atoms with Crippen LogP contribution in [0, 0.1) is 13.8 Å². The predicted molar refractivity (Wildman–Crippen MR) is 163 cm³/mol. The van der Waals surface area contributed by atoms with E-state index in [1.807, 2.05) is 6.07 Å². The van der Waals surface area contributed by atoms with Gasteiger partial charge in [-0.15, -0.1) is 0 Å². The Bertz CT molecular complexity index is 1290. The van der Waals surface area contributed by atoms with Crippen molar-refractivity contribution in [1.29, 1.82) is 0 Å². The van der Waals surface area contributed by atoms with Gasteiger partial charge in [0, 0.05) is 22.6 Å². The summed E-state index contributed by atoms with van der Waals surface area (Å²) in [5.74, 6) is 0. The molecular formula is C35H42N2. The molecule has 3 aromatic carbocycles. The van der Waals surface area contributed by atoms with Crippen molar-refractivity contribution in [3.05, 3.63) is 143 Å². The van der Waals surface area contributed by atoms with Crippen molar-refractivity contribution < 1.29 is 0 Å². The smallest absolute Gasteiger partial charge is 0.0983 e. The first kappa shape index (κ1) is 27.8. The molecule has 0 radical (unpaired) electrons. The second kappa shape index (κ2) is 12.0. The Morgan fingerprint density at radius 1 is 0.811 bits per heavy atom. The maximum Gasteiger partial charge on any atom is 0.0983 e. The van der Waals surface area contributed by atoms with Gasteiger partial charge in [0.1, 0.15) is 0 Å². The summed E-state index contributed by atoms with van der Waals surface area (Å²) in [6.45, 7) is 24.2. The fourth-order valence-corrected chi connectivity index (χ4v) is 4.38. The fourth-order valence-electron chi connectivity index (χ4n) is 4.38. The molecule has 3 aromatic rings. The highest BCUT2D eigenvalue weighted by Crippen LogP contribution is 2.37. The lowest BCUT2D eigenvalue weighted by atomic mass is 9.96.